The molecule has 0 atom stereocenters. The van der Waals surface area contributed by atoms with Crippen LogP contribution in [0.25, 0.3) is 0 Å². The van der Waals surface area contributed by atoms with E-state index in [0.717, 1.165) is 0 Å². The fraction of sp³-hybridized carbons (Fsp3) is 1.00. The topological polar surface area (TPSA) is 81.9 Å². The molecule has 0 unspecified atom stereocenters. The van der Waals surface area contributed by atoms with Crippen molar-refractivity contribution in [3.63, 3.8) is 0 Å². The Kier molecular flexibility index (Phi) is 10.6. The summed E-state index contributed by atoms with van der Waals surface area (Å²) in [6, 6.07) is 0. The van der Waals surface area contributed by atoms with Gasteiger partial charge in [-0.25, -0.2) is 8.42 Å². The number of sulfonamides is 1. The van der Waals surface area contributed by atoms with Crippen LogP contribution >= 0.6 is 0 Å². The number of nitrogens with zero attached hydrogens (tertiary/aromatic N) is 1. The molecule has 0 radical (unpaired) electrons. The number of nitrogens with two attached hydrogens (primary N) is 1. The van der Waals surface area contributed by atoms with Crippen LogP contribution in [-0.4, -0.2) is 64.5 Å². The standard InChI is InChI=1S/C11H26N2O4S/c1-3-16-9-7-13(8-10-17-4-2)18(14,15)11-5-6-12/h3-12H2,1-2H3. The van der Waals surface area contributed by atoms with Crippen LogP contribution in [0.2, 0.25) is 0 Å². The van der Waals surface area contributed by atoms with Gasteiger partial charge in [-0.2, -0.15) is 4.31 Å². The third-order valence-corrected chi connectivity index (χ3v) is 4.33. The number of hydrogen-bond acceptors (Lipinski definition) is 5. The third kappa shape index (κ3) is 7.99. The van der Waals surface area contributed by atoms with Crippen molar-refractivity contribution >= 4 is 10.0 Å². The molecule has 0 fully saturated rings. The summed E-state index contributed by atoms with van der Waals surface area (Å²) < 4.78 is 35.9. The Morgan fingerprint density at radius 3 is 1.94 bits per heavy atom. The average Bonchev–Trinajstić information content (AvgIpc) is 2.35. The molecular formula is C11H26N2O4S. The molecule has 0 aromatic rings. The smallest absolute Gasteiger partial charge is 0.214 e. The van der Waals surface area contributed by atoms with Gasteiger partial charge in [0.25, 0.3) is 0 Å². The highest BCUT2D eigenvalue weighted by Crippen LogP contribution is 2.03. The first kappa shape index (κ1) is 17.8. The van der Waals surface area contributed by atoms with E-state index in [2.05, 4.69) is 0 Å². The van der Waals surface area contributed by atoms with Gasteiger partial charge in [0.2, 0.25) is 10.0 Å². The van der Waals surface area contributed by atoms with E-state index in [4.69, 9.17) is 15.2 Å². The van der Waals surface area contributed by atoms with Gasteiger partial charge in [0.05, 0.1) is 19.0 Å². The number of hydrogen-bond donors (Lipinski definition) is 1. The molecule has 110 valence electrons. The van der Waals surface area contributed by atoms with Crippen LogP contribution in [0, 0.1) is 0 Å². The zero-order valence-electron chi connectivity index (χ0n) is 11.4. The summed E-state index contributed by atoms with van der Waals surface area (Å²) in [7, 11) is -3.25. The maximum Gasteiger partial charge on any atom is 0.214 e. The van der Waals surface area contributed by atoms with Gasteiger partial charge in [0.1, 0.15) is 0 Å². The Hall–Kier alpha value is -0.210. The van der Waals surface area contributed by atoms with Gasteiger partial charge in [-0.15, -0.1) is 0 Å². The summed E-state index contributed by atoms with van der Waals surface area (Å²) in [4.78, 5) is 0. The molecular weight excluding hydrogens is 256 g/mol. The highest BCUT2D eigenvalue weighted by molar-refractivity contribution is 7.89. The van der Waals surface area contributed by atoms with Gasteiger partial charge < -0.3 is 15.2 Å². The molecule has 0 bridgehead atoms. The molecule has 6 nitrogen and oxygen atoms in total. The third-order valence-electron chi connectivity index (χ3n) is 2.38. The van der Waals surface area contributed by atoms with Crippen LogP contribution in [-0.2, 0) is 19.5 Å². The second-order valence-electron chi connectivity index (χ2n) is 3.75. The van der Waals surface area contributed by atoms with Crippen LogP contribution < -0.4 is 5.73 Å². The summed E-state index contributed by atoms with van der Waals surface area (Å²) in [5, 5.41) is 0. The van der Waals surface area contributed by atoms with Crippen molar-refractivity contribution in [1.29, 1.82) is 0 Å². The molecule has 0 spiro atoms. The number of ether oxygens (including phenoxy) is 2. The molecule has 0 amide bonds. The maximum atomic E-state index is 12.0. The van der Waals surface area contributed by atoms with E-state index in [1.165, 1.54) is 4.31 Å². The molecule has 0 aromatic heterocycles. The number of rotatable bonds is 12. The van der Waals surface area contributed by atoms with Gasteiger partial charge in [-0.3, -0.25) is 0 Å². The molecule has 2 N–H and O–H groups in total. The minimum atomic E-state index is -3.25. The van der Waals surface area contributed by atoms with Crippen molar-refractivity contribution in [2.45, 2.75) is 20.3 Å². The van der Waals surface area contributed by atoms with Gasteiger partial charge in [0, 0.05) is 26.3 Å². The second kappa shape index (κ2) is 10.7. The lowest BCUT2D eigenvalue weighted by Gasteiger charge is -2.21. The molecule has 0 saturated carbocycles. The first-order chi connectivity index (χ1) is 8.58. The van der Waals surface area contributed by atoms with Crippen LogP contribution in [0.1, 0.15) is 20.3 Å². The molecule has 0 saturated heterocycles. The van der Waals surface area contributed by atoms with E-state index in [9.17, 15) is 8.42 Å². The Bertz CT molecular complexity index is 273. The van der Waals surface area contributed by atoms with E-state index < -0.39 is 10.0 Å². The molecule has 0 aliphatic heterocycles. The first-order valence-corrected chi connectivity index (χ1v) is 8.02. The van der Waals surface area contributed by atoms with Crippen molar-refractivity contribution < 1.29 is 17.9 Å². The van der Waals surface area contributed by atoms with Gasteiger partial charge >= 0.3 is 0 Å². The highest BCUT2D eigenvalue weighted by atomic mass is 32.2. The summed E-state index contributed by atoms with van der Waals surface area (Å²) in [5.41, 5.74) is 5.35. The summed E-state index contributed by atoms with van der Waals surface area (Å²) in [6.45, 7) is 6.87. The molecule has 0 aromatic carbocycles. The molecule has 0 heterocycles. The van der Waals surface area contributed by atoms with Gasteiger partial charge in [0.15, 0.2) is 0 Å². The highest BCUT2D eigenvalue weighted by Gasteiger charge is 2.20. The zero-order chi connectivity index (χ0) is 13.9. The van der Waals surface area contributed by atoms with Crippen molar-refractivity contribution in [3.05, 3.63) is 0 Å². The second-order valence-corrected chi connectivity index (χ2v) is 5.84. The van der Waals surface area contributed by atoms with Crippen LogP contribution in [0.3, 0.4) is 0 Å². The molecule has 7 heteroatoms. The molecule has 0 rings (SSSR count). The first-order valence-electron chi connectivity index (χ1n) is 6.41. The van der Waals surface area contributed by atoms with E-state index >= 15 is 0 Å². The lowest BCUT2D eigenvalue weighted by molar-refractivity contribution is 0.110. The van der Waals surface area contributed by atoms with E-state index in [-0.39, 0.29) is 5.75 Å². The predicted octanol–water partition coefficient (Wildman–Crippen LogP) is 0.0400. The quantitative estimate of drug-likeness (QED) is 0.511. The summed E-state index contributed by atoms with van der Waals surface area (Å²) in [6.07, 6.45) is 0.474. The largest absolute Gasteiger partial charge is 0.380 e. The molecule has 0 aliphatic rings. The lowest BCUT2D eigenvalue weighted by Crippen LogP contribution is -2.38. The molecule has 18 heavy (non-hydrogen) atoms. The minimum Gasteiger partial charge on any atom is -0.380 e. The Morgan fingerprint density at radius 2 is 1.56 bits per heavy atom. The zero-order valence-corrected chi connectivity index (χ0v) is 12.2. The monoisotopic (exact) mass is 282 g/mol. The van der Waals surface area contributed by atoms with Gasteiger partial charge in [-0.05, 0) is 26.8 Å². The van der Waals surface area contributed by atoms with E-state index in [0.29, 0.717) is 52.5 Å². The van der Waals surface area contributed by atoms with E-state index in [1.807, 2.05) is 13.8 Å². The Balaban J connectivity index is 4.32. The average molecular weight is 282 g/mol. The van der Waals surface area contributed by atoms with Crippen LogP contribution in [0.5, 0.6) is 0 Å². The van der Waals surface area contributed by atoms with Crippen LogP contribution in [0.4, 0.5) is 0 Å². The van der Waals surface area contributed by atoms with Crippen molar-refractivity contribution in [2.24, 2.45) is 5.73 Å². The van der Waals surface area contributed by atoms with Crippen molar-refractivity contribution in [1.82, 2.24) is 4.31 Å². The fourth-order valence-corrected chi connectivity index (χ4v) is 2.90. The van der Waals surface area contributed by atoms with Crippen molar-refractivity contribution in [3.8, 4) is 0 Å². The minimum absolute atomic E-state index is 0.0851. The van der Waals surface area contributed by atoms with Crippen LogP contribution in [0.15, 0.2) is 0 Å². The fourth-order valence-electron chi connectivity index (χ4n) is 1.41. The SMILES string of the molecule is CCOCCN(CCOCC)S(=O)(=O)CCCN. The Morgan fingerprint density at radius 1 is 1.06 bits per heavy atom. The van der Waals surface area contributed by atoms with Crippen molar-refractivity contribution in [2.75, 3.05) is 51.8 Å². The predicted molar refractivity (Wildman–Crippen MR) is 72.0 cm³/mol. The Labute approximate surface area is 110 Å². The summed E-state index contributed by atoms with van der Waals surface area (Å²) in [5.74, 6) is 0.0851. The molecule has 0 aliphatic carbocycles. The maximum absolute atomic E-state index is 12.0. The lowest BCUT2D eigenvalue weighted by atomic mass is 10.5. The normalized spacial score (nSPS) is 12.2. The van der Waals surface area contributed by atoms with Gasteiger partial charge in [-0.1, -0.05) is 0 Å². The van der Waals surface area contributed by atoms with E-state index in [1.54, 1.807) is 0 Å². The summed E-state index contributed by atoms with van der Waals surface area (Å²) >= 11 is 0.